The molecule has 0 spiro atoms. The molecule has 2 heterocycles. The molecule has 2 atom stereocenters. The number of benzene rings is 2. The second-order valence-electron chi connectivity index (χ2n) is 10.9. The van der Waals surface area contributed by atoms with Crippen LogP contribution in [-0.2, 0) is 31.3 Å². The van der Waals surface area contributed by atoms with Crippen LogP contribution in [0.4, 0.5) is 4.39 Å². The third-order valence-corrected chi connectivity index (χ3v) is 7.62. The van der Waals surface area contributed by atoms with Crippen LogP contribution in [-0.4, -0.2) is 85.1 Å². The van der Waals surface area contributed by atoms with Crippen molar-refractivity contribution in [3.63, 3.8) is 0 Å². The summed E-state index contributed by atoms with van der Waals surface area (Å²) in [6, 6.07) is 12.6. The van der Waals surface area contributed by atoms with E-state index >= 15 is 0 Å². The first-order valence-electron chi connectivity index (χ1n) is 14.0. The summed E-state index contributed by atoms with van der Waals surface area (Å²) in [5.74, 6) is -4.84. The normalized spacial score (nSPS) is 21.1. The van der Waals surface area contributed by atoms with Gasteiger partial charge in [-0.05, 0) is 56.4 Å². The number of fused-ring (bicyclic) bond motifs is 2. The number of piperidine rings is 1. The molecule has 0 saturated carbocycles. The van der Waals surface area contributed by atoms with Crippen LogP contribution in [0.5, 0.6) is 11.5 Å². The number of rotatable bonds is 13. The third kappa shape index (κ3) is 8.65. The Labute approximate surface area is 252 Å². The van der Waals surface area contributed by atoms with Crippen LogP contribution in [0.2, 0.25) is 0 Å². The zero-order chi connectivity index (χ0) is 32.7. The number of carboxylic acids is 3. The van der Waals surface area contributed by atoms with Crippen LogP contribution in [0.15, 0.2) is 42.5 Å². The lowest BCUT2D eigenvalue weighted by Crippen LogP contribution is -2.49. The lowest BCUT2D eigenvalue weighted by Gasteiger charge is -2.44. The molecule has 13 nitrogen and oxygen atoms in total. The minimum Gasteiger partial charge on any atom is -0.490 e. The molecule has 2 aromatic carbocycles. The molecule has 240 valence electrons. The van der Waals surface area contributed by atoms with Crippen LogP contribution in [0, 0.1) is 5.82 Å². The van der Waals surface area contributed by atoms with Crippen LogP contribution in [0.3, 0.4) is 0 Å². The number of carbonyl (C=O) groups is 4. The van der Waals surface area contributed by atoms with Crippen LogP contribution < -0.4 is 15.2 Å². The van der Waals surface area contributed by atoms with Gasteiger partial charge in [-0.25, -0.2) is 9.18 Å². The maximum absolute atomic E-state index is 14.4. The van der Waals surface area contributed by atoms with Gasteiger partial charge in [-0.2, -0.15) is 0 Å². The predicted molar refractivity (Wildman–Crippen MR) is 151 cm³/mol. The molecule has 1 amide bonds. The number of nitrogens with two attached hydrogens (primary N) is 1. The zero-order valence-corrected chi connectivity index (χ0v) is 24.1. The molecule has 2 fully saturated rings. The van der Waals surface area contributed by atoms with Crippen molar-refractivity contribution in [2.24, 2.45) is 5.73 Å². The quantitative estimate of drug-likeness (QED) is 0.189. The smallest absolute Gasteiger partial charge is 0.336 e. The maximum Gasteiger partial charge on any atom is 0.336 e. The molecule has 2 aliphatic rings. The topological polar surface area (TPSA) is 217 Å². The van der Waals surface area contributed by atoms with Gasteiger partial charge in [-0.1, -0.05) is 24.3 Å². The number of primary amides is 1. The molecule has 2 aliphatic heterocycles. The zero-order valence-electron chi connectivity index (χ0n) is 24.1. The van der Waals surface area contributed by atoms with Crippen molar-refractivity contribution < 1.29 is 58.6 Å². The number of nitrogens with zero attached hydrogens (tertiary/aromatic N) is 1. The van der Waals surface area contributed by atoms with Crippen molar-refractivity contribution >= 4 is 23.8 Å². The molecule has 0 aliphatic carbocycles. The van der Waals surface area contributed by atoms with E-state index < -0.39 is 47.9 Å². The van der Waals surface area contributed by atoms with Gasteiger partial charge in [-0.15, -0.1) is 0 Å². The predicted octanol–water partition coefficient (Wildman–Crippen LogP) is 1.85. The van der Waals surface area contributed by atoms with E-state index in [4.69, 9.17) is 35.6 Å². The fraction of sp³-hybridized carbons (Fsp3) is 0.467. The minimum atomic E-state index is -2.74. The van der Waals surface area contributed by atoms with Crippen LogP contribution in [0.1, 0.15) is 56.6 Å². The van der Waals surface area contributed by atoms with E-state index in [1.54, 1.807) is 24.3 Å². The standard InChI is InChI=1S/C24H29FN2O4.C6H8O7/c1-2-30-22-11-16(7-10-21(22)31-15-23(26)28)14-27-17-8-9-18(27)13-24(29,12-17)19-5-3-4-6-20(19)25;7-3(8)1-6(13,5(11)12)2-4(9)10/h3-7,10-11,17-18,29H,2,8-9,12-15H2,1H3,(H2,26,28);13H,1-2H2,(H,7,8)(H,9,10)(H,11,12). The highest BCUT2D eigenvalue weighted by atomic mass is 19.1. The molecule has 44 heavy (non-hydrogen) atoms. The van der Waals surface area contributed by atoms with Gasteiger partial charge in [0, 0.05) is 24.2 Å². The number of aliphatic carboxylic acids is 3. The Balaban J connectivity index is 0.000000345. The second-order valence-corrected chi connectivity index (χ2v) is 10.9. The Hall–Kier alpha value is -4.27. The van der Waals surface area contributed by atoms with Gasteiger partial charge in [-0.3, -0.25) is 19.3 Å². The lowest BCUT2D eigenvalue weighted by molar-refractivity contribution is -0.170. The maximum atomic E-state index is 14.4. The highest BCUT2D eigenvalue weighted by molar-refractivity contribution is 5.88. The molecule has 14 heteroatoms. The number of hydrogen-bond acceptors (Lipinski definition) is 9. The average Bonchev–Trinajstić information content (AvgIpc) is 3.16. The highest BCUT2D eigenvalue weighted by Crippen LogP contribution is 2.47. The fourth-order valence-electron chi connectivity index (χ4n) is 5.74. The number of carboxylic acid groups (broad SMARTS) is 3. The Kier molecular flexibility index (Phi) is 11.3. The van der Waals surface area contributed by atoms with Crippen molar-refractivity contribution in [1.82, 2.24) is 4.90 Å². The molecule has 0 radical (unpaired) electrons. The summed E-state index contributed by atoms with van der Waals surface area (Å²) in [6.45, 7) is 2.86. The monoisotopic (exact) mass is 620 g/mol. The van der Waals surface area contributed by atoms with Gasteiger partial charge in [0.2, 0.25) is 0 Å². The SMILES string of the molecule is CCOc1cc(CN2C3CCC2CC(O)(c2ccccc2F)C3)ccc1OCC(N)=O.O=C(O)CC(O)(CC(=O)O)C(=O)O. The summed E-state index contributed by atoms with van der Waals surface area (Å²) < 4.78 is 25.5. The average molecular weight is 621 g/mol. The number of hydrogen-bond donors (Lipinski definition) is 6. The fourth-order valence-corrected chi connectivity index (χ4v) is 5.74. The summed E-state index contributed by atoms with van der Waals surface area (Å²) >= 11 is 0. The van der Waals surface area contributed by atoms with Crippen molar-refractivity contribution in [3.05, 3.63) is 59.4 Å². The number of ether oxygens (including phenoxy) is 2. The van der Waals surface area contributed by atoms with Gasteiger partial charge in [0.25, 0.3) is 5.91 Å². The molecule has 2 saturated heterocycles. The van der Waals surface area contributed by atoms with Crippen molar-refractivity contribution in [1.29, 1.82) is 0 Å². The van der Waals surface area contributed by atoms with E-state index in [1.807, 2.05) is 19.1 Å². The van der Waals surface area contributed by atoms with Crippen molar-refractivity contribution in [2.75, 3.05) is 13.2 Å². The van der Waals surface area contributed by atoms with Gasteiger partial charge in [0.1, 0.15) is 5.82 Å². The van der Waals surface area contributed by atoms with Gasteiger partial charge >= 0.3 is 17.9 Å². The number of amides is 1. The molecule has 7 N–H and O–H groups in total. The summed E-state index contributed by atoms with van der Waals surface area (Å²) in [6.07, 6.45) is 0.716. The molecular formula is C30H37FN2O11. The van der Waals surface area contributed by atoms with E-state index in [2.05, 4.69) is 4.90 Å². The molecule has 2 unspecified atom stereocenters. The van der Waals surface area contributed by atoms with Crippen molar-refractivity contribution in [2.45, 2.75) is 75.3 Å². The van der Waals surface area contributed by atoms with Gasteiger partial charge < -0.3 is 40.7 Å². The van der Waals surface area contributed by atoms with E-state index in [9.17, 15) is 28.7 Å². The van der Waals surface area contributed by atoms with Gasteiger partial charge in [0.05, 0.1) is 25.0 Å². The van der Waals surface area contributed by atoms with Gasteiger partial charge in [0.15, 0.2) is 23.7 Å². The van der Waals surface area contributed by atoms with E-state index in [1.165, 1.54) is 6.07 Å². The first kappa shape index (κ1) is 34.2. The van der Waals surface area contributed by atoms with E-state index in [-0.39, 0.29) is 24.5 Å². The Morgan fingerprint density at radius 1 is 0.977 bits per heavy atom. The van der Waals surface area contributed by atoms with Crippen LogP contribution >= 0.6 is 0 Å². The summed E-state index contributed by atoms with van der Waals surface area (Å²) in [5.41, 5.74) is 2.77. The Bertz CT molecular complexity index is 1340. The van der Waals surface area contributed by atoms with E-state index in [0.29, 0.717) is 43.1 Å². The molecule has 4 rings (SSSR count). The molecular weight excluding hydrogens is 583 g/mol. The first-order chi connectivity index (χ1) is 20.7. The third-order valence-electron chi connectivity index (χ3n) is 7.62. The molecule has 2 aromatic rings. The molecule has 2 bridgehead atoms. The summed E-state index contributed by atoms with van der Waals surface area (Å²) in [4.78, 5) is 43.9. The second kappa shape index (κ2) is 14.5. The number of carbonyl (C=O) groups excluding carboxylic acids is 1. The summed E-state index contributed by atoms with van der Waals surface area (Å²) in [5, 5.41) is 45.1. The number of aliphatic hydroxyl groups is 2. The lowest BCUT2D eigenvalue weighted by atomic mass is 9.80. The Morgan fingerprint density at radius 3 is 2.07 bits per heavy atom. The number of halogens is 1. The largest absolute Gasteiger partial charge is 0.490 e. The van der Waals surface area contributed by atoms with Crippen LogP contribution in [0.25, 0.3) is 0 Å². The van der Waals surface area contributed by atoms with E-state index in [0.717, 1.165) is 18.4 Å². The summed E-state index contributed by atoms with van der Waals surface area (Å²) in [7, 11) is 0. The highest BCUT2D eigenvalue weighted by Gasteiger charge is 2.49. The minimum absolute atomic E-state index is 0.185. The molecule has 0 aromatic heterocycles. The van der Waals surface area contributed by atoms with Crippen molar-refractivity contribution in [3.8, 4) is 11.5 Å². The first-order valence-corrected chi connectivity index (χ1v) is 14.0. The Morgan fingerprint density at radius 2 is 1.57 bits per heavy atom.